The molecule has 2 N–H and O–H groups in total. The quantitative estimate of drug-likeness (QED) is 0.242. The second kappa shape index (κ2) is 13.9. The van der Waals surface area contributed by atoms with Gasteiger partial charge in [0.25, 0.3) is 0 Å². The lowest BCUT2D eigenvalue weighted by atomic mass is 9.99. The zero-order valence-electron chi connectivity index (χ0n) is 21.2. The minimum absolute atomic E-state index is 0.0278. The fourth-order valence-electron chi connectivity index (χ4n) is 4.59. The smallest absolute Gasteiger partial charge is 0.0811 e. The molecular weight excluding hydrogens is 414 g/mol. The van der Waals surface area contributed by atoms with Gasteiger partial charge in [0.15, 0.2) is 0 Å². The molecule has 34 heavy (non-hydrogen) atoms. The number of hydrogen-bond acceptors (Lipinski definition) is 2. The molecule has 4 rings (SSSR count). The van der Waals surface area contributed by atoms with Crippen LogP contribution in [0.4, 0.5) is 0 Å². The molecule has 0 spiro atoms. The molecule has 0 aliphatic heterocycles. The van der Waals surface area contributed by atoms with Crippen molar-refractivity contribution in [3.8, 4) is 0 Å². The SMILES string of the molecule is CC(OC(C)c1cccc2ccccc12)c1cccc2ccccc12.CCCCCCCCN. The Kier molecular flexibility index (Phi) is 10.6. The molecular formula is C32H41NO. The van der Waals surface area contributed by atoms with Crippen LogP contribution in [0.2, 0.25) is 0 Å². The maximum absolute atomic E-state index is 6.44. The molecule has 0 heterocycles. The van der Waals surface area contributed by atoms with Crippen LogP contribution < -0.4 is 5.73 Å². The van der Waals surface area contributed by atoms with E-state index in [9.17, 15) is 0 Å². The third-order valence-electron chi connectivity index (χ3n) is 6.49. The van der Waals surface area contributed by atoms with Gasteiger partial charge in [-0.2, -0.15) is 0 Å². The van der Waals surface area contributed by atoms with Crippen LogP contribution >= 0.6 is 0 Å². The van der Waals surface area contributed by atoms with Crippen molar-refractivity contribution in [1.82, 2.24) is 0 Å². The molecule has 2 atom stereocenters. The molecule has 0 aliphatic carbocycles. The van der Waals surface area contributed by atoms with Gasteiger partial charge in [-0.05, 0) is 59.5 Å². The van der Waals surface area contributed by atoms with Gasteiger partial charge in [0.1, 0.15) is 0 Å². The van der Waals surface area contributed by atoms with E-state index in [4.69, 9.17) is 10.5 Å². The first-order chi connectivity index (χ1) is 16.7. The summed E-state index contributed by atoms with van der Waals surface area (Å²) in [5, 5.41) is 5.05. The van der Waals surface area contributed by atoms with E-state index in [0.717, 1.165) is 6.54 Å². The summed E-state index contributed by atoms with van der Waals surface area (Å²) in [5.74, 6) is 0. The number of benzene rings is 4. The Labute approximate surface area is 206 Å². The highest BCUT2D eigenvalue weighted by Crippen LogP contribution is 2.33. The highest BCUT2D eigenvalue weighted by atomic mass is 16.5. The number of unbranched alkanes of at least 4 members (excludes halogenated alkanes) is 5. The van der Waals surface area contributed by atoms with Crippen molar-refractivity contribution in [3.63, 3.8) is 0 Å². The lowest BCUT2D eigenvalue weighted by Gasteiger charge is -2.22. The summed E-state index contributed by atoms with van der Waals surface area (Å²) in [6.45, 7) is 7.39. The van der Waals surface area contributed by atoms with E-state index >= 15 is 0 Å². The molecule has 4 aromatic carbocycles. The van der Waals surface area contributed by atoms with Crippen molar-refractivity contribution < 1.29 is 4.74 Å². The van der Waals surface area contributed by atoms with E-state index in [1.54, 1.807) is 0 Å². The number of fused-ring (bicyclic) bond motifs is 2. The Morgan fingerprint density at radius 3 is 1.53 bits per heavy atom. The fourth-order valence-corrected chi connectivity index (χ4v) is 4.59. The predicted octanol–water partition coefficient (Wildman–Crippen LogP) is 9.14. The monoisotopic (exact) mass is 455 g/mol. The highest BCUT2D eigenvalue weighted by molar-refractivity contribution is 5.86. The minimum atomic E-state index is 0.0278. The molecule has 0 amide bonds. The summed E-state index contributed by atoms with van der Waals surface area (Å²) < 4.78 is 6.44. The third kappa shape index (κ3) is 7.16. The van der Waals surface area contributed by atoms with Crippen molar-refractivity contribution in [2.45, 2.75) is 71.5 Å². The summed E-state index contributed by atoms with van der Waals surface area (Å²) in [7, 11) is 0. The average Bonchev–Trinajstić information content (AvgIpc) is 2.88. The Morgan fingerprint density at radius 2 is 1.03 bits per heavy atom. The van der Waals surface area contributed by atoms with E-state index in [0.29, 0.717) is 0 Å². The van der Waals surface area contributed by atoms with Gasteiger partial charge in [-0.3, -0.25) is 0 Å². The van der Waals surface area contributed by atoms with Gasteiger partial charge in [-0.25, -0.2) is 0 Å². The van der Waals surface area contributed by atoms with Crippen LogP contribution in [0.3, 0.4) is 0 Å². The Hall–Kier alpha value is -2.68. The highest BCUT2D eigenvalue weighted by Gasteiger charge is 2.16. The molecule has 2 heteroatoms. The second-order valence-electron chi connectivity index (χ2n) is 9.11. The maximum Gasteiger partial charge on any atom is 0.0811 e. The molecule has 180 valence electrons. The molecule has 0 aliphatic rings. The normalized spacial score (nSPS) is 12.8. The zero-order valence-corrected chi connectivity index (χ0v) is 21.2. The summed E-state index contributed by atoms with van der Waals surface area (Å²) in [5.41, 5.74) is 7.83. The first kappa shape index (κ1) is 25.9. The molecule has 0 saturated carbocycles. The Morgan fingerprint density at radius 1 is 0.588 bits per heavy atom. The largest absolute Gasteiger partial charge is 0.366 e. The van der Waals surface area contributed by atoms with E-state index in [-0.39, 0.29) is 12.2 Å². The number of hydrogen-bond donors (Lipinski definition) is 1. The lowest BCUT2D eigenvalue weighted by Crippen LogP contribution is -2.06. The standard InChI is InChI=1S/C24H22O.C8H19N/c1-17(21-15-7-11-19-9-3-5-13-23(19)21)25-18(2)22-16-8-12-20-10-4-6-14-24(20)22;1-2-3-4-5-6-7-8-9/h3-18H,1-2H3;2-9H2,1H3. The molecule has 0 radical (unpaired) electrons. The minimum Gasteiger partial charge on any atom is -0.366 e. The van der Waals surface area contributed by atoms with Crippen molar-refractivity contribution >= 4 is 21.5 Å². The van der Waals surface area contributed by atoms with Crippen molar-refractivity contribution in [3.05, 3.63) is 96.1 Å². The van der Waals surface area contributed by atoms with Crippen LogP contribution in [-0.2, 0) is 4.74 Å². The van der Waals surface area contributed by atoms with Crippen LogP contribution in [0.5, 0.6) is 0 Å². The van der Waals surface area contributed by atoms with E-state index in [1.165, 1.54) is 71.2 Å². The van der Waals surface area contributed by atoms with Crippen molar-refractivity contribution in [2.75, 3.05) is 6.54 Å². The van der Waals surface area contributed by atoms with E-state index < -0.39 is 0 Å². The first-order valence-electron chi connectivity index (χ1n) is 13.0. The molecule has 0 saturated heterocycles. The molecule has 0 aromatic heterocycles. The molecule has 4 aromatic rings. The molecule has 2 unspecified atom stereocenters. The number of nitrogens with two attached hydrogens (primary N) is 1. The molecule has 0 bridgehead atoms. The van der Waals surface area contributed by atoms with Gasteiger partial charge < -0.3 is 10.5 Å². The van der Waals surface area contributed by atoms with Gasteiger partial charge in [0, 0.05) is 0 Å². The summed E-state index contributed by atoms with van der Waals surface area (Å²) in [6, 6.07) is 29.9. The third-order valence-corrected chi connectivity index (χ3v) is 6.49. The second-order valence-corrected chi connectivity index (χ2v) is 9.11. The van der Waals surface area contributed by atoms with Gasteiger partial charge in [-0.1, -0.05) is 124 Å². The van der Waals surface area contributed by atoms with Crippen molar-refractivity contribution in [1.29, 1.82) is 0 Å². The van der Waals surface area contributed by atoms with E-state index in [2.05, 4.69) is 106 Å². The van der Waals surface area contributed by atoms with E-state index in [1.807, 2.05) is 0 Å². The fraction of sp³-hybridized carbons (Fsp3) is 0.375. The topological polar surface area (TPSA) is 35.2 Å². The van der Waals surface area contributed by atoms with Crippen LogP contribution in [0.25, 0.3) is 21.5 Å². The summed E-state index contributed by atoms with van der Waals surface area (Å²) in [6.07, 6.45) is 8.11. The Balaban J connectivity index is 0.000000309. The summed E-state index contributed by atoms with van der Waals surface area (Å²) in [4.78, 5) is 0. The van der Waals surface area contributed by atoms with Gasteiger partial charge in [0.05, 0.1) is 12.2 Å². The average molecular weight is 456 g/mol. The maximum atomic E-state index is 6.44. The van der Waals surface area contributed by atoms with Crippen LogP contribution in [-0.4, -0.2) is 6.54 Å². The molecule has 2 nitrogen and oxygen atoms in total. The predicted molar refractivity (Wildman–Crippen MR) is 148 cm³/mol. The zero-order chi connectivity index (χ0) is 24.2. The van der Waals surface area contributed by atoms with Crippen molar-refractivity contribution in [2.24, 2.45) is 5.73 Å². The van der Waals surface area contributed by atoms with Crippen LogP contribution in [0.1, 0.15) is 82.6 Å². The summed E-state index contributed by atoms with van der Waals surface area (Å²) >= 11 is 0. The van der Waals surface area contributed by atoms with Crippen LogP contribution in [0.15, 0.2) is 84.9 Å². The lowest BCUT2D eigenvalue weighted by molar-refractivity contribution is 0.00744. The first-order valence-corrected chi connectivity index (χ1v) is 13.0. The van der Waals surface area contributed by atoms with Gasteiger partial charge >= 0.3 is 0 Å². The Bertz CT molecular complexity index is 1040. The van der Waals surface area contributed by atoms with Gasteiger partial charge in [-0.15, -0.1) is 0 Å². The molecule has 0 fully saturated rings. The van der Waals surface area contributed by atoms with Crippen LogP contribution in [0, 0.1) is 0 Å². The number of rotatable bonds is 10. The number of ether oxygens (including phenoxy) is 1. The van der Waals surface area contributed by atoms with Gasteiger partial charge in [0.2, 0.25) is 0 Å².